The van der Waals surface area contributed by atoms with E-state index in [9.17, 15) is 4.79 Å². The molecule has 1 aromatic carbocycles. The van der Waals surface area contributed by atoms with Gasteiger partial charge in [-0.15, -0.1) is 12.6 Å². The number of ether oxygens (including phenoxy) is 1. The smallest absolute Gasteiger partial charge is 0.340 e. The molecule has 0 saturated heterocycles. The van der Waals surface area contributed by atoms with Crippen molar-refractivity contribution < 1.29 is 9.53 Å². The first-order valence-electron chi connectivity index (χ1n) is 5.51. The summed E-state index contributed by atoms with van der Waals surface area (Å²) in [7, 11) is 1.36. The van der Waals surface area contributed by atoms with Crippen LogP contribution in [-0.2, 0) is 11.2 Å². The lowest BCUT2D eigenvalue weighted by atomic mass is 10.1. The molecule has 2 rings (SSSR count). The van der Waals surface area contributed by atoms with Gasteiger partial charge in [-0.1, -0.05) is 30.3 Å². The molecule has 18 heavy (non-hydrogen) atoms. The first kappa shape index (κ1) is 12.6. The molecule has 0 unspecified atom stereocenters. The fraction of sp³-hybridized carbons (Fsp3) is 0.143. The molecule has 0 aliphatic heterocycles. The summed E-state index contributed by atoms with van der Waals surface area (Å²) in [6, 6.07) is 11.5. The molecule has 1 aromatic heterocycles. The van der Waals surface area contributed by atoms with Gasteiger partial charge in [0, 0.05) is 17.5 Å². The molecule has 0 amide bonds. The van der Waals surface area contributed by atoms with Crippen molar-refractivity contribution in [2.45, 2.75) is 11.3 Å². The maximum atomic E-state index is 11.7. The van der Waals surface area contributed by atoms with Crippen LogP contribution < -0.4 is 0 Å². The summed E-state index contributed by atoms with van der Waals surface area (Å²) in [6.07, 6.45) is 2.23. The van der Waals surface area contributed by atoms with E-state index in [1.54, 1.807) is 12.3 Å². The highest BCUT2D eigenvalue weighted by atomic mass is 32.1. The SMILES string of the molecule is COC(=O)c1c(S)ccnc1Cc1ccccc1. The van der Waals surface area contributed by atoms with Crippen LogP contribution in [0.3, 0.4) is 0 Å². The summed E-state index contributed by atoms with van der Waals surface area (Å²) < 4.78 is 4.77. The number of aromatic nitrogens is 1. The van der Waals surface area contributed by atoms with Crippen LogP contribution in [0.2, 0.25) is 0 Å². The highest BCUT2D eigenvalue weighted by Gasteiger charge is 2.16. The molecule has 0 aliphatic carbocycles. The van der Waals surface area contributed by atoms with Gasteiger partial charge in [-0.2, -0.15) is 0 Å². The molecule has 0 fully saturated rings. The molecule has 4 heteroatoms. The molecule has 0 radical (unpaired) electrons. The summed E-state index contributed by atoms with van der Waals surface area (Å²) in [5.41, 5.74) is 2.21. The van der Waals surface area contributed by atoms with Gasteiger partial charge in [0.05, 0.1) is 18.4 Å². The zero-order valence-corrected chi connectivity index (χ0v) is 10.9. The summed E-state index contributed by atoms with van der Waals surface area (Å²) in [5, 5.41) is 0. The average Bonchev–Trinajstić information content (AvgIpc) is 2.39. The Morgan fingerprint density at radius 3 is 2.67 bits per heavy atom. The standard InChI is InChI=1S/C14H13NO2S/c1-17-14(16)13-11(15-8-7-12(13)18)9-10-5-3-2-4-6-10/h2-8H,9H2,1H3,(H,15,18). The number of carbonyl (C=O) groups is 1. The summed E-state index contributed by atoms with van der Waals surface area (Å²) in [4.78, 5) is 16.6. The number of esters is 1. The van der Waals surface area contributed by atoms with Gasteiger partial charge in [0.2, 0.25) is 0 Å². The van der Waals surface area contributed by atoms with Gasteiger partial charge in [-0.05, 0) is 11.6 Å². The molecule has 3 nitrogen and oxygen atoms in total. The molecule has 0 bridgehead atoms. The maximum Gasteiger partial charge on any atom is 0.340 e. The summed E-state index contributed by atoms with van der Waals surface area (Å²) in [5.74, 6) is -0.404. The predicted octanol–water partition coefficient (Wildman–Crippen LogP) is 2.75. The van der Waals surface area contributed by atoms with Gasteiger partial charge >= 0.3 is 5.97 Å². The second-order valence-electron chi connectivity index (χ2n) is 3.81. The van der Waals surface area contributed by atoms with Crippen LogP contribution >= 0.6 is 12.6 Å². The van der Waals surface area contributed by atoms with Gasteiger partial charge in [0.1, 0.15) is 0 Å². The molecular weight excluding hydrogens is 246 g/mol. The van der Waals surface area contributed by atoms with E-state index in [-0.39, 0.29) is 0 Å². The van der Waals surface area contributed by atoms with Crippen LogP contribution in [0.15, 0.2) is 47.5 Å². The molecule has 2 aromatic rings. The Balaban J connectivity index is 2.39. The topological polar surface area (TPSA) is 39.2 Å². The molecule has 0 atom stereocenters. The van der Waals surface area contributed by atoms with E-state index in [0.29, 0.717) is 22.6 Å². The predicted molar refractivity (Wildman–Crippen MR) is 72.1 cm³/mol. The van der Waals surface area contributed by atoms with Crippen molar-refractivity contribution in [1.82, 2.24) is 4.98 Å². The number of benzene rings is 1. The highest BCUT2D eigenvalue weighted by Crippen LogP contribution is 2.20. The van der Waals surface area contributed by atoms with Crippen LogP contribution in [0, 0.1) is 0 Å². The lowest BCUT2D eigenvalue weighted by molar-refractivity contribution is 0.0595. The molecule has 0 spiro atoms. The van der Waals surface area contributed by atoms with E-state index >= 15 is 0 Å². The molecule has 92 valence electrons. The van der Waals surface area contributed by atoms with Crippen LogP contribution in [-0.4, -0.2) is 18.1 Å². The van der Waals surface area contributed by atoms with E-state index in [2.05, 4.69) is 17.6 Å². The van der Waals surface area contributed by atoms with E-state index in [1.165, 1.54) is 7.11 Å². The minimum absolute atomic E-state index is 0.404. The van der Waals surface area contributed by atoms with Gasteiger partial charge in [0.15, 0.2) is 0 Å². The molecule has 0 saturated carbocycles. The number of nitrogens with zero attached hydrogens (tertiary/aromatic N) is 1. The van der Waals surface area contributed by atoms with Crippen molar-refractivity contribution in [1.29, 1.82) is 0 Å². The normalized spacial score (nSPS) is 10.1. The summed E-state index contributed by atoms with van der Waals surface area (Å²) >= 11 is 4.29. The minimum Gasteiger partial charge on any atom is -0.465 e. The number of thiol groups is 1. The Morgan fingerprint density at radius 1 is 1.28 bits per heavy atom. The van der Waals surface area contributed by atoms with Crippen molar-refractivity contribution in [2.24, 2.45) is 0 Å². The largest absolute Gasteiger partial charge is 0.465 e. The molecule has 1 heterocycles. The lowest BCUT2D eigenvalue weighted by Gasteiger charge is -2.09. The van der Waals surface area contributed by atoms with E-state index in [4.69, 9.17) is 4.74 Å². The van der Waals surface area contributed by atoms with Gasteiger partial charge in [0.25, 0.3) is 0 Å². The third kappa shape index (κ3) is 2.71. The van der Waals surface area contributed by atoms with Gasteiger partial charge in [-0.25, -0.2) is 4.79 Å². The quantitative estimate of drug-likeness (QED) is 0.680. The Kier molecular flexibility index (Phi) is 3.99. The Hall–Kier alpha value is -1.81. The fourth-order valence-corrected chi connectivity index (χ4v) is 2.03. The average molecular weight is 259 g/mol. The van der Waals surface area contributed by atoms with E-state index in [0.717, 1.165) is 5.56 Å². The third-order valence-corrected chi connectivity index (χ3v) is 2.98. The fourth-order valence-electron chi connectivity index (χ4n) is 1.74. The van der Waals surface area contributed by atoms with Crippen LogP contribution in [0.5, 0.6) is 0 Å². The first-order valence-corrected chi connectivity index (χ1v) is 5.96. The van der Waals surface area contributed by atoms with Gasteiger partial charge < -0.3 is 4.74 Å². The number of hydrogen-bond acceptors (Lipinski definition) is 4. The minimum atomic E-state index is -0.404. The third-order valence-electron chi connectivity index (χ3n) is 2.61. The highest BCUT2D eigenvalue weighted by molar-refractivity contribution is 7.80. The number of methoxy groups -OCH3 is 1. The monoisotopic (exact) mass is 259 g/mol. The van der Waals surface area contributed by atoms with Gasteiger partial charge in [-0.3, -0.25) is 4.98 Å². The van der Waals surface area contributed by atoms with Crippen LogP contribution in [0.25, 0.3) is 0 Å². The van der Waals surface area contributed by atoms with Crippen LogP contribution in [0.1, 0.15) is 21.6 Å². The number of pyridine rings is 1. The first-order chi connectivity index (χ1) is 8.72. The summed E-state index contributed by atoms with van der Waals surface area (Å²) in [6.45, 7) is 0. The van der Waals surface area contributed by atoms with Crippen molar-refractivity contribution in [3.63, 3.8) is 0 Å². The maximum absolute atomic E-state index is 11.7. The molecule has 0 aliphatic rings. The van der Waals surface area contributed by atoms with Crippen LogP contribution in [0.4, 0.5) is 0 Å². The second-order valence-corrected chi connectivity index (χ2v) is 4.29. The zero-order chi connectivity index (χ0) is 13.0. The lowest BCUT2D eigenvalue weighted by Crippen LogP contribution is -2.09. The van der Waals surface area contributed by atoms with Crippen molar-refractivity contribution in [3.8, 4) is 0 Å². The molecular formula is C14H13NO2S. The van der Waals surface area contributed by atoms with E-state index < -0.39 is 5.97 Å². The van der Waals surface area contributed by atoms with Crippen molar-refractivity contribution in [3.05, 3.63) is 59.4 Å². The molecule has 0 N–H and O–H groups in total. The zero-order valence-electron chi connectivity index (χ0n) is 9.96. The van der Waals surface area contributed by atoms with Crippen molar-refractivity contribution in [2.75, 3.05) is 7.11 Å². The van der Waals surface area contributed by atoms with Crippen molar-refractivity contribution >= 4 is 18.6 Å². The van der Waals surface area contributed by atoms with E-state index in [1.807, 2.05) is 30.3 Å². The Labute approximate surface area is 111 Å². The second kappa shape index (κ2) is 5.69. The number of carbonyl (C=O) groups excluding carboxylic acids is 1. The Morgan fingerprint density at radius 2 is 2.00 bits per heavy atom. The Bertz CT molecular complexity index is 555. The number of rotatable bonds is 3. The number of hydrogen-bond donors (Lipinski definition) is 1.